The van der Waals surface area contributed by atoms with Crippen LogP contribution in [0.2, 0.25) is 0 Å². The van der Waals surface area contributed by atoms with Crippen molar-refractivity contribution in [2.24, 2.45) is 7.05 Å². The van der Waals surface area contributed by atoms with E-state index in [4.69, 9.17) is 5.26 Å². The van der Waals surface area contributed by atoms with Gasteiger partial charge in [0.2, 0.25) is 0 Å². The number of aromatic nitrogens is 3. The zero-order chi connectivity index (χ0) is 13.1. The minimum Gasteiger partial charge on any atom is -0.304 e. The maximum absolute atomic E-state index is 12.0. The van der Waals surface area contributed by atoms with Gasteiger partial charge >= 0.3 is 0 Å². The van der Waals surface area contributed by atoms with Gasteiger partial charge in [-0.2, -0.15) is 10.4 Å². The van der Waals surface area contributed by atoms with E-state index in [1.165, 1.54) is 10.9 Å². The van der Waals surface area contributed by atoms with Gasteiger partial charge in [0.1, 0.15) is 23.1 Å². The highest BCUT2D eigenvalue weighted by Gasteiger charge is 2.15. The van der Waals surface area contributed by atoms with Crippen molar-refractivity contribution >= 4 is 11.7 Å². The molecule has 2 heterocycles. The fraction of sp³-hybridized carbons (Fsp3) is 0.167. The number of hydrogen-bond donors (Lipinski definition) is 1. The maximum atomic E-state index is 12.0. The zero-order valence-corrected chi connectivity index (χ0v) is 10.0. The summed E-state index contributed by atoms with van der Waals surface area (Å²) in [5.41, 5.74) is 1.43. The average molecular weight is 241 g/mol. The highest BCUT2D eigenvalue weighted by molar-refractivity contribution is 6.03. The van der Waals surface area contributed by atoms with Crippen molar-refractivity contribution in [3.63, 3.8) is 0 Å². The summed E-state index contributed by atoms with van der Waals surface area (Å²) in [6.07, 6.45) is 2.96. The summed E-state index contributed by atoms with van der Waals surface area (Å²) < 4.78 is 1.44. The zero-order valence-electron chi connectivity index (χ0n) is 10.0. The summed E-state index contributed by atoms with van der Waals surface area (Å²) in [5, 5.41) is 15.5. The Labute approximate surface area is 104 Å². The number of amides is 1. The van der Waals surface area contributed by atoms with E-state index in [9.17, 15) is 4.79 Å². The number of nitrogens with zero attached hydrogens (tertiary/aromatic N) is 4. The van der Waals surface area contributed by atoms with Gasteiger partial charge in [-0.25, -0.2) is 0 Å². The number of carbonyl (C=O) groups excluding carboxylic acids is 1. The number of hydrogen-bond acceptors (Lipinski definition) is 4. The first-order valence-corrected chi connectivity index (χ1v) is 5.28. The molecule has 0 saturated carbocycles. The molecular weight excluding hydrogens is 230 g/mol. The number of carbonyl (C=O) groups is 1. The van der Waals surface area contributed by atoms with Crippen molar-refractivity contribution in [2.75, 3.05) is 5.32 Å². The molecule has 0 atom stereocenters. The summed E-state index contributed by atoms with van der Waals surface area (Å²) >= 11 is 0. The van der Waals surface area contributed by atoms with E-state index in [0.29, 0.717) is 17.1 Å². The second-order valence-corrected chi connectivity index (χ2v) is 3.77. The summed E-state index contributed by atoms with van der Waals surface area (Å²) in [5.74, 6) is 0.0146. The third-order valence-corrected chi connectivity index (χ3v) is 2.52. The Morgan fingerprint density at radius 3 is 3.00 bits per heavy atom. The summed E-state index contributed by atoms with van der Waals surface area (Å²) in [6.45, 7) is 1.80. The first-order chi connectivity index (χ1) is 8.63. The Balaban J connectivity index is 2.31. The van der Waals surface area contributed by atoms with Crippen molar-refractivity contribution < 1.29 is 4.79 Å². The van der Waals surface area contributed by atoms with Gasteiger partial charge in [0.05, 0.1) is 6.20 Å². The van der Waals surface area contributed by atoms with Crippen LogP contribution in [0.25, 0.3) is 0 Å². The summed E-state index contributed by atoms with van der Waals surface area (Å²) in [6, 6.07) is 5.53. The molecule has 0 saturated heterocycles. The molecule has 1 amide bonds. The Kier molecular flexibility index (Phi) is 3.06. The minimum atomic E-state index is -0.354. The monoisotopic (exact) mass is 241 g/mol. The first kappa shape index (κ1) is 11.8. The fourth-order valence-electron chi connectivity index (χ4n) is 1.56. The highest BCUT2D eigenvalue weighted by atomic mass is 16.2. The molecule has 0 fully saturated rings. The van der Waals surface area contributed by atoms with Gasteiger partial charge in [-0.05, 0) is 18.6 Å². The lowest BCUT2D eigenvalue weighted by atomic mass is 10.2. The number of pyridine rings is 1. The smallest absolute Gasteiger partial charge is 0.275 e. The predicted molar refractivity (Wildman–Crippen MR) is 64.9 cm³/mol. The van der Waals surface area contributed by atoms with Gasteiger partial charge in [0, 0.05) is 13.2 Å². The molecule has 2 aromatic rings. The Morgan fingerprint density at radius 1 is 1.56 bits per heavy atom. The number of anilines is 1. The molecule has 0 spiro atoms. The van der Waals surface area contributed by atoms with E-state index in [1.807, 2.05) is 6.07 Å². The maximum Gasteiger partial charge on any atom is 0.275 e. The quantitative estimate of drug-likeness (QED) is 0.857. The number of aryl methyl sites for hydroxylation is 2. The standard InChI is InChI=1S/C12H11N5O/c1-8-4-3-5-14-10(8)12(18)16-11-9(6-13)7-15-17(11)2/h3-5,7H,1-2H3,(H,16,18). The van der Waals surface area contributed by atoms with E-state index in [-0.39, 0.29) is 5.91 Å². The van der Waals surface area contributed by atoms with Gasteiger partial charge in [-0.15, -0.1) is 0 Å². The van der Waals surface area contributed by atoms with Crippen LogP contribution in [0.15, 0.2) is 24.5 Å². The topological polar surface area (TPSA) is 83.6 Å². The Morgan fingerprint density at radius 2 is 2.33 bits per heavy atom. The average Bonchev–Trinajstić information content (AvgIpc) is 2.71. The van der Waals surface area contributed by atoms with Crippen LogP contribution >= 0.6 is 0 Å². The molecule has 18 heavy (non-hydrogen) atoms. The van der Waals surface area contributed by atoms with Crippen molar-refractivity contribution in [1.29, 1.82) is 5.26 Å². The van der Waals surface area contributed by atoms with Crippen LogP contribution in [0, 0.1) is 18.3 Å². The molecule has 2 aromatic heterocycles. The molecule has 90 valence electrons. The molecule has 0 aliphatic heterocycles. The number of nitriles is 1. The highest BCUT2D eigenvalue weighted by Crippen LogP contribution is 2.14. The fourth-order valence-corrected chi connectivity index (χ4v) is 1.56. The molecule has 2 rings (SSSR count). The molecule has 0 aromatic carbocycles. The molecular formula is C12H11N5O. The van der Waals surface area contributed by atoms with Crippen molar-refractivity contribution in [1.82, 2.24) is 14.8 Å². The van der Waals surface area contributed by atoms with Crippen LogP contribution in [0.1, 0.15) is 21.6 Å². The Hall–Kier alpha value is -2.68. The van der Waals surface area contributed by atoms with Gasteiger partial charge in [0.15, 0.2) is 0 Å². The lowest BCUT2D eigenvalue weighted by molar-refractivity contribution is 0.102. The van der Waals surface area contributed by atoms with Crippen LogP contribution in [-0.2, 0) is 7.05 Å². The molecule has 0 bridgehead atoms. The van der Waals surface area contributed by atoms with Gasteiger partial charge in [-0.3, -0.25) is 14.5 Å². The normalized spacial score (nSPS) is 9.83. The summed E-state index contributed by atoms with van der Waals surface area (Å²) in [4.78, 5) is 16.0. The molecule has 6 nitrogen and oxygen atoms in total. The second-order valence-electron chi connectivity index (χ2n) is 3.77. The third kappa shape index (κ3) is 2.06. The first-order valence-electron chi connectivity index (χ1n) is 5.28. The van der Waals surface area contributed by atoms with Crippen LogP contribution in [0.3, 0.4) is 0 Å². The second kappa shape index (κ2) is 4.67. The lowest BCUT2D eigenvalue weighted by Crippen LogP contribution is -2.17. The number of nitrogens with one attached hydrogen (secondary N) is 1. The van der Waals surface area contributed by atoms with Gasteiger partial charge in [-0.1, -0.05) is 6.07 Å². The van der Waals surface area contributed by atoms with Crippen LogP contribution in [0.5, 0.6) is 0 Å². The van der Waals surface area contributed by atoms with Gasteiger partial charge < -0.3 is 5.32 Å². The van der Waals surface area contributed by atoms with Crippen molar-refractivity contribution in [3.8, 4) is 6.07 Å². The van der Waals surface area contributed by atoms with E-state index in [0.717, 1.165) is 5.56 Å². The summed E-state index contributed by atoms with van der Waals surface area (Å²) in [7, 11) is 1.65. The largest absolute Gasteiger partial charge is 0.304 e. The van der Waals surface area contributed by atoms with E-state index in [2.05, 4.69) is 15.4 Å². The molecule has 0 radical (unpaired) electrons. The third-order valence-electron chi connectivity index (χ3n) is 2.52. The predicted octanol–water partition coefficient (Wildman–Crippen LogP) is 1.25. The van der Waals surface area contributed by atoms with Crippen molar-refractivity contribution in [3.05, 3.63) is 41.3 Å². The van der Waals surface area contributed by atoms with Gasteiger partial charge in [0.25, 0.3) is 5.91 Å². The van der Waals surface area contributed by atoms with Crippen molar-refractivity contribution in [2.45, 2.75) is 6.92 Å². The Bertz CT molecular complexity index is 638. The number of rotatable bonds is 2. The van der Waals surface area contributed by atoms with E-state index in [1.54, 1.807) is 32.3 Å². The van der Waals surface area contributed by atoms with Crippen LogP contribution in [0.4, 0.5) is 5.82 Å². The van der Waals surface area contributed by atoms with Crippen LogP contribution < -0.4 is 5.32 Å². The van der Waals surface area contributed by atoms with Crippen LogP contribution in [-0.4, -0.2) is 20.7 Å². The molecule has 0 unspecified atom stereocenters. The lowest BCUT2D eigenvalue weighted by Gasteiger charge is -2.07. The minimum absolute atomic E-state index is 0.319. The van der Waals surface area contributed by atoms with E-state index < -0.39 is 0 Å². The molecule has 0 aliphatic rings. The molecule has 0 aliphatic carbocycles. The molecule has 6 heteroatoms. The van der Waals surface area contributed by atoms with E-state index >= 15 is 0 Å². The SMILES string of the molecule is Cc1cccnc1C(=O)Nc1c(C#N)cnn1C. The molecule has 1 N–H and O–H groups in total.